The minimum absolute atomic E-state index is 0.00527. The molecule has 8 nitrogen and oxygen atoms in total. The maximum atomic E-state index is 13.4. The van der Waals surface area contributed by atoms with Crippen molar-refractivity contribution in [2.45, 2.75) is 37.1 Å². The van der Waals surface area contributed by atoms with E-state index < -0.39 is 5.41 Å². The Bertz CT molecular complexity index is 1510. The van der Waals surface area contributed by atoms with E-state index in [1.54, 1.807) is 18.2 Å². The number of benzene rings is 3. The molecule has 45 heavy (non-hydrogen) atoms. The molecule has 0 aliphatic carbocycles. The largest absolute Gasteiger partial charge is 0.493 e. The van der Waals surface area contributed by atoms with Crippen molar-refractivity contribution in [2.24, 2.45) is 11.7 Å². The van der Waals surface area contributed by atoms with Crippen LogP contribution in [0.1, 0.15) is 47.2 Å². The van der Waals surface area contributed by atoms with Crippen LogP contribution in [0.3, 0.4) is 0 Å². The highest BCUT2D eigenvalue weighted by Crippen LogP contribution is 2.47. The standard InChI is InChI=1S/C35H41Cl2N3O5/c1-22(24-12-14-39(19-24)21-30(41)25-17-31(43-2)33(45-4)32(18-25)44-3)40-15-13-35(34(38)42,26-8-6-5-7-9-26)27(20-40)23-10-11-28(36)29(37)16-23/h5-11,16-18,22,24,27H,12-15,19-21H2,1-4H3,(H2,38,42). The zero-order valence-corrected chi connectivity index (χ0v) is 27.7. The van der Waals surface area contributed by atoms with Crippen LogP contribution in [0.15, 0.2) is 60.7 Å². The minimum Gasteiger partial charge on any atom is -0.493 e. The fourth-order valence-electron chi connectivity index (χ4n) is 7.22. The number of ketones is 1. The highest BCUT2D eigenvalue weighted by Gasteiger charge is 2.51. The molecule has 2 fully saturated rings. The summed E-state index contributed by atoms with van der Waals surface area (Å²) >= 11 is 12.8. The van der Waals surface area contributed by atoms with E-state index >= 15 is 0 Å². The molecule has 2 aliphatic heterocycles. The van der Waals surface area contributed by atoms with Gasteiger partial charge in [-0.1, -0.05) is 59.6 Å². The third-order valence-electron chi connectivity index (χ3n) is 9.80. The number of nitrogens with two attached hydrogens (primary N) is 1. The molecule has 0 radical (unpaired) electrons. The van der Waals surface area contributed by atoms with Gasteiger partial charge in [0.1, 0.15) is 0 Å². The van der Waals surface area contributed by atoms with Crippen molar-refractivity contribution in [3.8, 4) is 17.2 Å². The van der Waals surface area contributed by atoms with E-state index in [9.17, 15) is 9.59 Å². The van der Waals surface area contributed by atoms with Gasteiger partial charge < -0.3 is 19.9 Å². The number of piperidine rings is 1. The molecule has 5 rings (SSSR count). The molecular weight excluding hydrogens is 613 g/mol. The van der Waals surface area contributed by atoms with Gasteiger partial charge in [-0.3, -0.25) is 19.4 Å². The van der Waals surface area contributed by atoms with E-state index in [2.05, 4.69) is 16.7 Å². The number of hydrogen-bond donors (Lipinski definition) is 1. The van der Waals surface area contributed by atoms with Crippen LogP contribution < -0.4 is 19.9 Å². The van der Waals surface area contributed by atoms with Crippen LogP contribution in [0.4, 0.5) is 0 Å². The second-order valence-corrected chi connectivity index (χ2v) is 12.8. The summed E-state index contributed by atoms with van der Waals surface area (Å²) in [6.45, 7) is 5.53. The number of carbonyl (C=O) groups is 2. The van der Waals surface area contributed by atoms with Crippen molar-refractivity contribution in [3.05, 3.63) is 87.4 Å². The number of rotatable bonds is 11. The summed E-state index contributed by atoms with van der Waals surface area (Å²) in [4.78, 5) is 31.5. The zero-order chi connectivity index (χ0) is 32.3. The van der Waals surface area contributed by atoms with Crippen molar-refractivity contribution in [2.75, 3.05) is 54.1 Å². The summed E-state index contributed by atoms with van der Waals surface area (Å²) in [6.07, 6.45) is 1.55. The lowest BCUT2D eigenvalue weighted by molar-refractivity contribution is -0.126. The van der Waals surface area contributed by atoms with Gasteiger partial charge in [0.05, 0.1) is 43.3 Å². The van der Waals surface area contributed by atoms with Gasteiger partial charge in [-0.2, -0.15) is 0 Å². The average molecular weight is 655 g/mol. The van der Waals surface area contributed by atoms with Crippen molar-refractivity contribution in [1.29, 1.82) is 0 Å². The first-order valence-electron chi connectivity index (χ1n) is 15.2. The Morgan fingerprint density at radius 2 is 1.62 bits per heavy atom. The van der Waals surface area contributed by atoms with Crippen molar-refractivity contribution in [1.82, 2.24) is 9.80 Å². The fraction of sp³-hybridized carbons (Fsp3) is 0.429. The molecule has 0 bridgehead atoms. The zero-order valence-electron chi connectivity index (χ0n) is 26.2. The molecule has 0 aromatic heterocycles. The quantitative estimate of drug-likeness (QED) is 0.260. The SMILES string of the molecule is COc1cc(C(=O)CN2CCC(C(C)N3CCC(C(N)=O)(c4ccccc4)C(c4ccc(Cl)c(Cl)c4)C3)C2)cc(OC)c1OC. The molecule has 2 aliphatic rings. The van der Waals surface area contributed by atoms with Crippen LogP contribution in [0.2, 0.25) is 10.0 Å². The van der Waals surface area contributed by atoms with Crippen molar-refractivity contribution < 1.29 is 23.8 Å². The van der Waals surface area contributed by atoms with Crippen LogP contribution in [-0.2, 0) is 10.2 Å². The van der Waals surface area contributed by atoms with Crippen molar-refractivity contribution >= 4 is 34.9 Å². The van der Waals surface area contributed by atoms with Gasteiger partial charge in [-0.15, -0.1) is 0 Å². The van der Waals surface area contributed by atoms with Gasteiger partial charge in [-0.05, 0) is 74.2 Å². The normalized spacial score (nSPS) is 23.0. The minimum atomic E-state index is -0.886. The van der Waals surface area contributed by atoms with Gasteiger partial charge in [-0.25, -0.2) is 0 Å². The maximum Gasteiger partial charge on any atom is 0.228 e. The number of halogens is 2. The lowest BCUT2D eigenvalue weighted by atomic mass is 9.62. The molecule has 4 unspecified atom stereocenters. The third kappa shape index (κ3) is 6.52. The van der Waals surface area contributed by atoms with Crippen LogP contribution in [0.25, 0.3) is 0 Å². The Balaban J connectivity index is 1.33. The van der Waals surface area contributed by atoms with Gasteiger partial charge >= 0.3 is 0 Å². The van der Waals surface area contributed by atoms with E-state index in [-0.39, 0.29) is 23.7 Å². The van der Waals surface area contributed by atoms with Gasteiger partial charge in [0, 0.05) is 30.6 Å². The summed E-state index contributed by atoms with van der Waals surface area (Å²) in [6, 6.07) is 19.1. The monoisotopic (exact) mass is 653 g/mol. The third-order valence-corrected chi connectivity index (χ3v) is 10.5. The Morgan fingerprint density at radius 3 is 2.22 bits per heavy atom. The van der Waals surface area contributed by atoms with Crippen LogP contribution in [0, 0.1) is 5.92 Å². The lowest BCUT2D eigenvalue weighted by Gasteiger charge is -2.49. The first-order valence-corrected chi connectivity index (χ1v) is 16.0. The lowest BCUT2D eigenvalue weighted by Crippen LogP contribution is -2.57. The highest BCUT2D eigenvalue weighted by atomic mass is 35.5. The fourth-order valence-corrected chi connectivity index (χ4v) is 7.52. The number of amides is 1. The molecule has 1 amide bonds. The van der Waals surface area contributed by atoms with E-state index in [1.165, 1.54) is 21.3 Å². The molecule has 240 valence electrons. The highest BCUT2D eigenvalue weighted by molar-refractivity contribution is 6.42. The first kappa shape index (κ1) is 33.1. The van der Waals surface area contributed by atoms with Gasteiger partial charge in [0.25, 0.3) is 0 Å². The van der Waals surface area contributed by atoms with E-state index in [4.69, 9.17) is 43.1 Å². The Morgan fingerprint density at radius 1 is 0.933 bits per heavy atom. The summed E-state index contributed by atoms with van der Waals surface area (Å²) < 4.78 is 16.3. The van der Waals surface area contributed by atoms with E-state index in [0.29, 0.717) is 58.3 Å². The topological polar surface area (TPSA) is 94.3 Å². The van der Waals surface area contributed by atoms with E-state index in [1.807, 2.05) is 42.5 Å². The number of likely N-dealkylation sites (tertiary alicyclic amines) is 2. The second kappa shape index (κ2) is 14.0. The number of nitrogens with zero attached hydrogens (tertiary/aromatic N) is 2. The number of primary amides is 1. The smallest absolute Gasteiger partial charge is 0.228 e. The predicted octanol–water partition coefficient (Wildman–Crippen LogP) is 5.83. The molecule has 4 atom stereocenters. The number of Topliss-reactive ketones (excluding diaryl/α,β-unsaturated/α-hetero) is 1. The number of methoxy groups -OCH3 is 3. The Kier molecular flexibility index (Phi) is 10.3. The summed E-state index contributed by atoms with van der Waals surface area (Å²) in [5.41, 5.74) is 7.75. The molecule has 3 aromatic carbocycles. The number of carbonyl (C=O) groups excluding carboxylic acids is 2. The molecule has 10 heteroatoms. The van der Waals surface area contributed by atoms with Gasteiger partial charge in [0.2, 0.25) is 11.7 Å². The molecule has 2 heterocycles. The molecule has 0 saturated carbocycles. The van der Waals surface area contributed by atoms with Crippen LogP contribution in [0.5, 0.6) is 17.2 Å². The van der Waals surface area contributed by atoms with E-state index in [0.717, 1.165) is 37.2 Å². The van der Waals surface area contributed by atoms with Crippen LogP contribution >= 0.6 is 23.2 Å². The molecule has 2 saturated heterocycles. The molecule has 3 aromatic rings. The number of hydrogen-bond acceptors (Lipinski definition) is 7. The predicted molar refractivity (Wildman–Crippen MR) is 177 cm³/mol. The van der Waals surface area contributed by atoms with Crippen LogP contribution in [-0.4, -0.2) is 81.6 Å². The Hall–Kier alpha value is -3.30. The summed E-state index contributed by atoms with van der Waals surface area (Å²) in [5, 5.41) is 0.923. The molecule has 0 spiro atoms. The molecule has 2 N–H and O–H groups in total. The Labute approximate surface area is 275 Å². The average Bonchev–Trinajstić information content (AvgIpc) is 3.53. The maximum absolute atomic E-state index is 13.4. The van der Waals surface area contributed by atoms with Crippen molar-refractivity contribution in [3.63, 3.8) is 0 Å². The molecular formula is C35H41Cl2N3O5. The number of ether oxygens (including phenoxy) is 3. The van der Waals surface area contributed by atoms with Gasteiger partial charge in [0.15, 0.2) is 17.3 Å². The summed E-state index contributed by atoms with van der Waals surface area (Å²) in [5.74, 6) is 1.16. The second-order valence-electron chi connectivity index (χ2n) is 12.0. The first-order chi connectivity index (χ1) is 21.6. The summed E-state index contributed by atoms with van der Waals surface area (Å²) in [7, 11) is 4.62.